The Morgan fingerprint density at radius 2 is 2.14 bits per heavy atom. The van der Waals surface area contributed by atoms with Crippen LogP contribution in [0.3, 0.4) is 0 Å². The Morgan fingerprint density at radius 3 is 2.57 bits per heavy atom. The highest BCUT2D eigenvalue weighted by Crippen LogP contribution is 2.47. The Labute approximate surface area is 85.1 Å². The average Bonchev–Trinajstić information content (AvgIpc) is 2.74. The van der Waals surface area contributed by atoms with Crippen LogP contribution in [-0.4, -0.2) is 35.1 Å². The first-order valence-electron chi connectivity index (χ1n) is 5.55. The summed E-state index contributed by atoms with van der Waals surface area (Å²) in [4.78, 5) is 13.2. The third-order valence-corrected chi connectivity index (χ3v) is 3.89. The average molecular weight is 197 g/mol. The zero-order valence-electron chi connectivity index (χ0n) is 8.83. The summed E-state index contributed by atoms with van der Waals surface area (Å²) in [5.74, 6) is 0.118. The van der Waals surface area contributed by atoms with Crippen LogP contribution in [0.5, 0.6) is 0 Å². The van der Waals surface area contributed by atoms with Crippen LogP contribution in [0.4, 0.5) is 0 Å². The molecule has 1 amide bonds. The van der Waals surface area contributed by atoms with Crippen LogP contribution in [-0.2, 0) is 4.79 Å². The Balaban J connectivity index is 2.10. The van der Waals surface area contributed by atoms with Crippen molar-refractivity contribution in [2.24, 2.45) is 5.41 Å². The smallest absolute Gasteiger partial charge is 0.219 e. The van der Waals surface area contributed by atoms with Gasteiger partial charge in [0.2, 0.25) is 5.91 Å². The lowest BCUT2D eigenvalue weighted by Gasteiger charge is -2.23. The summed E-state index contributed by atoms with van der Waals surface area (Å²) in [7, 11) is 0. The number of aliphatic hydroxyl groups excluding tert-OH is 1. The summed E-state index contributed by atoms with van der Waals surface area (Å²) in [5, 5.41) is 9.24. The van der Waals surface area contributed by atoms with Gasteiger partial charge < -0.3 is 10.0 Å². The van der Waals surface area contributed by atoms with Crippen LogP contribution in [0.25, 0.3) is 0 Å². The Bertz CT molecular complexity index is 233. The highest BCUT2D eigenvalue weighted by molar-refractivity contribution is 5.74. The van der Waals surface area contributed by atoms with E-state index in [-0.39, 0.29) is 18.6 Å². The first-order chi connectivity index (χ1) is 6.67. The number of carbonyl (C=O) groups is 1. The molecule has 1 saturated carbocycles. The van der Waals surface area contributed by atoms with Gasteiger partial charge in [-0.05, 0) is 24.7 Å². The topological polar surface area (TPSA) is 40.5 Å². The van der Waals surface area contributed by atoms with Gasteiger partial charge in [-0.25, -0.2) is 0 Å². The van der Waals surface area contributed by atoms with Gasteiger partial charge in [0.1, 0.15) is 0 Å². The molecule has 2 fully saturated rings. The molecular formula is C11H19NO2. The second kappa shape index (κ2) is 3.54. The Kier molecular flexibility index (Phi) is 2.52. The van der Waals surface area contributed by atoms with E-state index < -0.39 is 0 Å². The summed E-state index contributed by atoms with van der Waals surface area (Å²) in [5.41, 5.74) is 0.360. The molecule has 2 aliphatic rings. The number of hydrogen-bond donors (Lipinski definition) is 1. The fourth-order valence-electron chi connectivity index (χ4n) is 3.18. The number of nitrogens with zero attached hydrogens (tertiary/aromatic N) is 1. The molecule has 3 heteroatoms. The van der Waals surface area contributed by atoms with Crippen molar-refractivity contribution in [3.63, 3.8) is 0 Å². The summed E-state index contributed by atoms with van der Waals surface area (Å²) in [6.07, 6.45) is 6.09. The molecule has 0 radical (unpaired) electrons. The predicted molar refractivity (Wildman–Crippen MR) is 53.8 cm³/mol. The number of carbonyl (C=O) groups excluding carboxylic acids is 1. The molecule has 1 spiro atoms. The van der Waals surface area contributed by atoms with Gasteiger partial charge in [0.15, 0.2) is 0 Å². The van der Waals surface area contributed by atoms with Crippen molar-refractivity contribution < 1.29 is 9.90 Å². The van der Waals surface area contributed by atoms with Crippen molar-refractivity contribution in [3.8, 4) is 0 Å². The quantitative estimate of drug-likeness (QED) is 0.685. The fraction of sp³-hybridized carbons (Fsp3) is 0.909. The van der Waals surface area contributed by atoms with Crippen LogP contribution < -0.4 is 0 Å². The van der Waals surface area contributed by atoms with Crippen molar-refractivity contribution in [1.82, 2.24) is 4.90 Å². The fourth-order valence-corrected chi connectivity index (χ4v) is 3.18. The van der Waals surface area contributed by atoms with Gasteiger partial charge in [-0.1, -0.05) is 12.8 Å². The van der Waals surface area contributed by atoms with Crippen molar-refractivity contribution in [1.29, 1.82) is 0 Å². The molecule has 80 valence electrons. The Hall–Kier alpha value is -0.570. The Morgan fingerprint density at radius 1 is 1.50 bits per heavy atom. The SMILES string of the molecule is CC(=O)N1CC2(CCCC2)CC1CO. The highest BCUT2D eigenvalue weighted by Gasteiger charge is 2.45. The van der Waals surface area contributed by atoms with E-state index in [1.165, 1.54) is 25.7 Å². The van der Waals surface area contributed by atoms with Gasteiger partial charge in [0.25, 0.3) is 0 Å². The second-order valence-electron chi connectivity index (χ2n) is 4.89. The molecule has 14 heavy (non-hydrogen) atoms. The molecule has 0 bridgehead atoms. The molecule has 1 heterocycles. The van der Waals surface area contributed by atoms with E-state index in [0.717, 1.165) is 13.0 Å². The third kappa shape index (κ3) is 1.54. The molecule has 0 aromatic rings. The zero-order valence-corrected chi connectivity index (χ0v) is 8.83. The van der Waals surface area contributed by atoms with E-state index in [4.69, 9.17) is 0 Å². The predicted octanol–water partition coefficient (Wildman–Crippen LogP) is 1.16. The first-order valence-corrected chi connectivity index (χ1v) is 5.55. The van der Waals surface area contributed by atoms with Crippen molar-refractivity contribution in [3.05, 3.63) is 0 Å². The number of rotatable bonds is 1. The lowest BCUT2D eigenvalue weighted by Crippen LogP contribution is -2.36. The maximum absolute atomic E-state index is 11.4. The van der Waals surface area contributed by atoms with Gasteiger partial charge in [-0.3, -0.25) is 4.79 Å². The molecule has 0 aromatic heterocycles. The lowest BCUT2D eigenvalue weighted by molar-refractivity contribution is -0.130. The van der Waals surface area contributed by atoms with E-state index >= 15 is 0 Å². The van der Waals surface area contributed by atoms with Gasteiger partial charge in [-0.15, -0.1) is 0 Å². The molecule has 0 aromatic carbocycles. The molecule has 1 N–H and O–H groups in total. The van der Waals surface area contributed by atoms with Gasteiger partial charge in [0.05, 0.1) is 12.6 Å². The first kappa shape index (κ1) is 9.97. The zero-order chi connectivity index (χ0) is 10.2. The number of aliphatic hydroxyl groups is 1. The number of amides is 1. The van der Waals surface area contributed by atoms with E-state index in [1.54, 1.807) is 6.92 Å². The molecule has 1 aliphatic carbocycles. The van der Waals surface area contributed by atoms with Crippen LogP contribution in [0, 0.1) is 5.41 Å². The summed E-state index contributed by atoms with van der Waals surface area (Å²) in [6.45, 7) is 2.62. The minimum Gasteiger partial charge on any atom is -0.394 e. The minimum atomic E-state index is 0.0885. The second-order valence-corrected chi connectivity index (χ2v) is 4.89. The van der Waals surface area contributed by atoms with Crippen molar-refractivity contribution in [2.45, 2.75) is 45.1 Å². The van der Waals surface area contributed by atoms with Gasteiger partial charge >= 0.3 is 0 Å². The van der Waals surface area contributed by atoms with E-state index in [2.05, 4.69) is 0 Å². The number of hydrogen-bond acceptors (Lipinski definition) is 2. The highest BCUT2D eigenvalue weighted by atomic mass is 16.3. The molecule has 1 saturated heterocycles. The molecule has 1 aliphatic heterocycles. The summed E-state index contributed by atoms with van der Waals surface area (Å²) >= 11 is 0. The van der Waals surface area contributed by atoms with Crippen LogP contribution >= 0.6 is 0 Å². The van der Waals surface area contributed by atoms with Gasteiger partial charge in [0, 0.05) is 13.5 Å². The minimum absolute atomic E-state index is 0.0885. The molecule has 1 atom stereocenters. The molecule has 1 unspecified atom stereocenters. The largest absolute Gasteiger partial charge is 0.394 e. The normalized spacial score (nSPS) is 30.1. The van der Waals surface area contributed by atoms with E-state index in [9.17, 15) is 9.90 Å². The summed E-state index contributed by atoms with van der Waals surface area (Å²) in [6, 6.07) is 0.0885. The van der Waals surface area contributed by atoms with Crippen molar-refractivity contribution >= 4 is 5.91 Å². The van der Waals surface area contributed by atoms with Crippen LogP contribution in [0.2, 0.25) is 0 Å². The standard InChI is InChI=1S/C11H19NO2/c1-9(14)12-8-11(4-2-3-5-11)6-10(12)7-13/h10,13H,2-8H2,1H3. The monoisotopic (exact) mass is 197 g/mol. The van der Waals surface area contributed by atoms with Crippen molar-refractivity contribution in [2.75, 3.05) is 13.2 Å². The van der Waals surface area contributed by atoms with Gasteiger partial charge in [-0.2, -0.15) is 0 Å². The van der Waals surface area contributed by atoms with Crippen LogP contribution in [0.1, 0.15) is 39.0 Å². The maximum Gasteiger partial charge on any atom is 0.219 e. The molecular weight excluding hydrogens is 178 g/mol. The lowest BCUT2D eigenvalue weighted by atomic mass is 9.84. The summed E-state index contributed by atoms with van der Waals surface area (Å²) < 4.78 is 0. The maximum atomic E-state index is 11.4. The van der Waals surface area contributed by atoms with E-state index in [0.29, 0.717) is 5.41 Å². The third-order valence-electron chi connectivity index (χ3n) is 3.89. The van der Waals surface area contributed by atoms with E-state index in [1.807, 2.05) is 4.90 Å². The molecule has 3 nitrogen and oxygen atoms in total. The number of likely N-dealkylation sites (tertiary alicyclic amines) is 1. The van der Waals surface area contributed by atoms with Crippen LogP contribution in [0.15, 0.2) is 0 Å². The molecule has 2 rings (SSSR count).